The Morgan fingerprint density at radius 2 is 1.64 bits per heavy atom. The van der Waals surface area contributed by atoms with Crippen LogP contribution in [0.5, 0.6) is 5.75 Å². The first kappa shape index (κ1) is 14.2. The maximum atomic E-state index is 12.5. The zero-order valence-electron chi connectivity index (χ0n) is 11.1. The van der Waals surface area contributed by atoms with E-state index in [1.165, 1.54) is 18.2 Å². The summed E-state index contributed by atoms with van der Waals surface area (Å²) in [4.78, 5) is 12.1. The lowest BCUT2D eigenvalue weighted by atomic mass is 10.1. The first-order chi connectivity index (χ1) is 10.4. The second kappa shape index (κ2) is 5.25. The van der Waals surface area contributed by atoms with Crippen LogP contribution in [-0.2, 0) is 0 Å². The summed E-state index contributed by atoms with van der Waals surface area (Å²) in [5, 5.41) is 5.61. The van der Waals surface area contributed by atoms with Gasteiger partial charge in [-0.05, 0) is 18.2 Å². The SMILES string of the molecule is O=C1N[C@@H](c2ccccc2OC(F)(F)F)Nc2ccccc21. The standard InChI is InChI=1S/C15H11F3N2O2/c16-15(17,18)22-12-8-4-2-6-10(12)13-19-11-7-3-1-5-9(11)14(21)20-13/h1-8,13,19H,(H,20,21)/t13-/m0/s1. The minimum atomic E-state index is -4.80. The molecular formula is C15H11F3N2O2. The lowest BCUT2D eigenvalue weighted by Gasteiger charge is -2.29. The molecule has 1 atom stereocenters. The molecule has 0 saturated carbocycles. The highest BCUT2D eigenvalue weighted by Crippen LogP contribution is 2.33. The van der Waals surface area contributed by atoms with E-state index in [0.29, 0.717) is 11.3 Å². The summed E-state index contributed by atoms with van der Waals surface area (Å²) in [6, 6.07) is 12.4. The number of ether oxygens (including phenoxy) is 1. The highest BCUT2D eigenvalue weighted by molar-refractivity contribution is 6.01. The maximum Gasteiger partial charge on any atom is 0.573 e. The number of rotatable bonds is 2. The van der Waals surface area contributed by atoms with E-state index in [1.54, 1.807) is 30.3 Å². The van der Waals surface area contributed by atoms with Gasteiger partial charge in [0.2, 0.25) is 0 Å². The molecule has 0 fully saturated rings. The van der Waals surface area contributed by atoms with Gasteiger partial charge >= 0.3 is 6.36 Å². The van der Waals surface area contributed by atoms with Crippen molar-refractivity contribution >= 4 is 11.6 Å². The number of anilines is 1. The third kappa shape index (κ3) is 2.83. The molecule has 4 nitrogen and oxygen atoms in total. The van der Waals surface area contributed by atoms with Crippen LogP contribution in [0.15, 0.2) is 48.5 Å². The Labute approximate surface area is 123 Å². The molecule has 2 N–H and O–H groups in total. The molecule has 7 heteroatoms. The van der Waals surface area contributed by atoms with Crippen molar-refractivity contribution in [2.75, 3.05) is 5.32 Å². The molecule has 1 heterocycles. The molecule has 0 bridgehead atoms. The summed E-state index contributed by atoms with van der Waals surface area (Å²) in [6.07, 6.45) is -5.60. The van der Waals surface area contributed by atoms with E-state index in [4.69, 9.17) is 0 Å². The van der Waals surface area contributed by atoms with Crippen molar-refractivity contribution in [3.63, 3.8) is 0 Å². The number of hydrogen-bond donors (Lipinski definition) is 2. The number of alkyl halides is 3. The van der Waals surface area contributed by atoms with Crippen LogP contribution in [-0.4, -0.2) is 12.3 Å². The Hall–Kier alpha value is -2.70. The number of halogens is 3. The van der Waals surface area contributed by atoms with Crippen LogP contribution in [0.3, 0.4) is 0 Å². The van der Waals surface area contributed by atoms with Crippen LogP contribution in [0, 0.1) is 0 Å². The molecule has 22 heavy (non-hydrogen) atoms. The van der Waals surface area contributed by atoms with Gasteiger partial charge in [-0.25, -0.2) is 0 Å². The molecule has 2 aromatic carbocycles. The van der Waals surface area contributed by atoms with E-state index < -0.39 is 12.5 Å². The zero-order chi connectivity index (χ0) is 15.7. The number of carbonyl (C=O) groups excluding carboxylic acids is 1. The minimum absolute atomic E-state index is 0.197. The monoisotopic (exact) mass is 308 g/mol. The summed E-state index contributed by atoms with van der Waals surface area (Å²) in [5.41, 5.74) is 1.19. The average molecular weight is 308 g/mol. The molecule has 1 aliphatic rings. The molecule has 114 valence electrons. The topological polar surface area (TPSA) is 50.4 Å². The van der Waals surface area contributed by atoms with Gasteiger partial charge in [0, 0.05) is 11.3 Å². The number of carbonyl (C=O) groups is 1. The van der Waals surface area contributed by atoms with Gasteiger partial charge in [-0.1, -0.05) is 30.3 Å². The number of para-hydroxylation sites is 2. The molecule has 0 unspecified atom stereocenters. The quantitative estimate of drug-likeness (QED) is 0.893. The fourth-order valence-electron chi connectivity index (χ4n) is 2.30. The predicted octanol–water partition coefficient (Wildman–Crippen LogP) is 3.44. The van der Waals surface area contributed by atoms with Gasteiger partial charge in [-0.2, -0.15) is 0 Å². The van der Waals surface area contributed by atoms with Crippen molar-refractivity contribution in [3.05, 3.63) is 59.7 Å². The third-order valence-electron chi connectivity index (χ3n) is 3.20. The van der Waals surface area contributed by atoms with E-state index in [2.05, 4.69) is 15.4 Å². The maximum absolute atomic E-state index is 12.5. The first-order valence-corrected chi connectivity index (χ1v) is 6.45. The Morgan fingerprint density at radius 1 is 0.955 bits per heavy atom. The van der Waals surface area contributed by atoms with Crippen molar-refractivity contribution in [1.82, 2.24) is 5.32 Å². The highest BCUT2D eigenvalue weighted by Gasteiger charge is 2.34. The number of amides is 1. The molecule has 1 aliphatic heterocycles. The van der Waals surface area contributed by atoms with Gasteiger partial charge < -0.3 is 15.4 Å². The number of nitrogens with one attached hydrogen (secondary N) is 2. The summed E-state index contributed by atoms with van der Waals surface area (Å²) in [5.74, 6) is -0.714. The molecule has 0 aliphatic carbocycles. The van der Waals surface area contributed by atoms with E-state index >= 15 is 0 Å². The van der Waals surface area contributed by atoms with Crippen molar-refractivity contribution in [2.45, 2.75) is 12.5 Å². The van der Waals surface area contributed by atoms with Crippen LogP contribution in [0.2, 0.25) is 0 Å². The number of hydrogen-bond acceptors (Lipinski definition) is 3. The Morgan fingerprint density at radius 3 is 2.41 bits per heavy atom. The molecule has 1 amide bonds. The fourth-order valence-corrected chi connectivity index (χ4v) is 2.30. The lowest BCUT2D eigenvalue weighted by Crippen LogP contribution is -2.38. The zero-order valence-corrected chi connectivity index (χ0v) is 11.1. The molecule has 3 rings (SSSR count). The van der Waals surface area contributed by atoms with Crippen LogP contribution in [0.4, 0.5) is 18.9 Å². The van der Waals surface area contributed by atoms with E-state index in [1.807, 2.05) is 0 Å². The largest absolute Gasteiger partial charge is 0.573 e. The van der Waals surface area contributed by atoms with Gasteiger partial charge in [0.05, 0.1) is 5.56 Å². The van der Waals surface area contributed by atoms with Crippen LogP contribution < -0.4 is 15.4 Å². The molecule has 2 aromatic rings. The number of benzene rings is 2. The summed E-state index contributed by atoms with van der Waals surface area (Å²) >= 11 is 0. The molecule has 0 radical (unpaired) electrons. The van der Waals surface area contributed by atoms with Gasteiger partial charge in [0.15, 0.2) is 0 Å². The van der Waals surface area contributed by atoms with Crippen LogP contribution in [0.1, 0.15) is 22.1 Å². The third-order valence-corrected chi connectivity index (χ3v) is 3.20. The summed E-state index contributed by atoms with van der Waals surface area (Å²) < 4.78 is 41.4. The second-order valence-electron chi connectivity index (χ2n) is 4.68. The Balaban J connectivity index is 1.95. The van der Waals surface area contributed by atoms with Crippen LogP contribution in [0.25, 0.3) is 0 Å². The first-order valence-electron chi connectivity index (χ1n) is 6.45. The van der Waals surface area contributed by atoms with Crippen molar-refractivity contribution in [3.8, 4) is 5.75 Å². The molecule has 0 saturated heterocycles. The highest BCUT2D eigenvalue weighted by atomic mass is 19.4. The van der Waals surface area contributed by atoms with Crippen molar-refractivity contribution in [1.29, 1.82) is 0 Å². The summed E-state index contributed by atoms with van der Waals surface area (Å²) in [6.45, 7) is 0. The molecular weight excluding hydrogens is 297 g/mol. The van der Waals surface area contributed by atoms with E-state index in [-0.39, 0.29) is 17.2 Å². The molecule has 0 aromatic heterocycles. The van der Waals surface area contributed by atoms with Gasteiger partial charge in [-0.15, -0.1) is 13.2 Å². The second-order valence-corrected chi connectivity index (χ2v) is 4.68. The normalized spacial score (nSPS) is 17.2. The van der Waals surface area contributed by atoms with E-state index in [9.17, 15) is 18.0 Å². The van der Waals surface area contributed by atoms with Gasteiger partial charge in [0.1, 0.15) is 11.9 Å². The Bertz CT molecular complexity index is 716. The van der Waals surface area contributed by atoms with Crippen molar-refractivity contribution in [2.24, 2.45) is 0 Å². The fraction of sp³-hybridized carbons (Fsp3) is 0.133. The number of fused-ring (bicyclic) bond motifs is 1. The van der Waals surface area contributed by atoms with Gasteiger partial charge in [-0.3, -0.25) is 4.79 Å². The minimum Gasteiger partial charge on any atom is -0.405 e. The van der Waals surface area contributed by atoms with E-state index in [0.717, 1.165) is 0 Å². The smallest absolute Gasteiger partial charge is 0.405 e. The average Bonchev–Trinajstić information content (AvgIpc) is 2.46. The van der Waals surface area contributed by atoms with Gasteiger partial charge in [0.25, 0.3) is 5.91 Å². The molecule has 0 spiro atoms. The van der Waals surface area contributed by atoms with Crippen molar-refractivity contribution < 1.29 is 22.7 Å². The predicted molar refractivity (Wildman–Crippen MR) is 73.4 cm³/mol. The summed E-state index contributed by atoms with van der Waals surface area (Å²) in [7, 11) is 0. The Kier molecular flexibility index (Phi) is 3.40. The van der Waals surface area contributed by atoms with Crippen LogP contribution >= 0.6 is 0 Å². The lowest BCUT2D eigenvalue weighted by molar-refractivity contribution is -0.275.